The van der Waals surface area contributed by atoms with Crippen molar-refractivity contribution in [1.82, 2.24) is 5.32 Å². The lowest BCUT2D eigenvalue weighted by atomic mass is 10.0. The van der Waals surface area contributed by atoms with E-state index in [9.17, 15) is 13.2 Å². The molecule has 0 fully saturated rings. The fourth-order valence-corrected chi connectivity index (χ4v) is 3.17. The van der Waals surface area contributed by atoms with E-state index in [0.717, 1.165) is 37.0 Å². The summed E-state index contributed by atoms with van der Waals surface area (Å²) in [6.07, 6.45) is -1.73. The topological polar surface area (TPSA) is 21.3 Å². The first-order valence-electron chi connectivity index (χ1n) is 8.06. The van der Waals surface area contributed by atoms with Gasteiger partial charge in [0.2, 0.25) is 0 Å². The first-order chi connectivity index (χ1) is 11.5. The highest BCUT2D eigenvalue weighted by atomic mass is 19.4. The predicted molar refractivity (Wildman–Crippen MR) is 87.0 cm³/mol. The molecule has 0 spiro atoms. The Morgan fingerprint density at radius 1 is 1.04 bits per heavy atom. The highest BCUT2D eigenvalue weighted by molar-refractivity contribution is 5.34. The fraction of sp³-hybridized carbons (Fsp3) is 0.368. The van der Waals surface area contributed by atoms with Crippen LogP contribution in [-0.2, 0) is 12.6 Å². The van der Waals surface area contributed by atoms with Crippen molar-refractivity contribution in [1.29, 1.82) is 0 Å². The average Bonchev–Trinajstić information content (AvgIpc) is 2.74. The lowest BCUT2D eigenvalue weighted by Crippen LogP contribution is -2.27. The Kier molecular flexibility index (Phi) is 4.81. The van der Waals surface area contributed by atoms with Crippen molar-refractivity contribution < 1.29 is 17.9 Å². The summed E-state index contributed by atoms with van der Waals surface area (Å²) in [6, 6.07) is 13.3. The summed E-state index contributed by atoms with van der Waals surface area (Å²) < 4.78 is 44.1. The summed E-state index contributed by atoms with van der Waals surface area (Å²) in [4.78, 5) is 0. The average molecular weight is 335 g/mol. The molecule has 128 valence electrons. The van der Waals surface area contributed by atoms with Crippen LogP contribution in [0.2, 0.25) is 0 Å². The van der Waals surface area contributed by atoms with Crippen LogP contribution in [0.3, 0.4) is 0 Å². The number of benzene rings is 2. The van der Waals surface area contributed by atoms with Gasteiger partial charge < -0.3 is 10.1 Å². The Hall–Kier alpha value is -2.01. The van der Waals surface area contributed by atoms with E-state index < -0.39 is 11.7 Å². The highest BCUT2D eigenvalue weighted by Gasteiger charge is 2.30. The SMILES string of the molecule is CN[C@@H]1CCc2ccccc2[C@H](Oc2ccc(C(F)(F)F)cc2)C1. The fourth-order valence-electron chi connectivity index (χ4n) is 3.17. The van der Waals surface area contributed by atoms with Crippen molar-refractivity contribution in [3.05, 3.63) is 65.2 Å². The van der Waals surface area contributed by atoms with Crippen LogP contribution in [0.25, 0.3) is 0 Å². The maximum Gasteiger partial charge on any atom is 0.416 e. The van der Waals surface area contributed by atoms with Gasteiger partial charge in [0, 0.05) is 12.5 Å². The third kappa shape index (κ3) is 3.73. The molecular formula is C19H20F3NO. The minimum atomic E-state index is -4.33. The quantitative estimate of drug-likeness (QED) is 0.817. The minimum Gasteiger partial charge on any atom is -0.486 e. The lowest BCUT2D eigenvalue weighted by molar-refractivity contribution is -0.137. The molecule has 0 saturated carbocycles. The number of alkyl halides is 3. The number of aryl methyl sites for hydroxylation is 1. The molecule has 5 heteroatoms. The Morgan fingerprint density at radius 3 is 2.42 bits per heavy atom. The molecule has 0 aromatic heterocycles. The third-order valence-corrected chi connectivity index (χ3v) is 4.53. The molecule has 0 bridgehead atoms. The molecule has 2 atom stereocenters. The molecule has 0 saturated heterocycles. The smallest absolute Gasteiger partial charge is 0.416 e. The molecule has 3 rings (SSSR count). The van der Waals surface area contributed by atoms with Gasteiger partial charge in [0.1, 0.15) is 11.9 Å². The van der Waals surface area contributed by atoms with Gasteiger partial charge in [0.15, 0.2) is 0 Å². The van der Waals surface area contributed by atoms with Crippen molar-refractivity contribution in [3.63, 3.8) is 0 Å². The number of hydrogen-bond donors (Lipinski definition) is 1. The summed E-state index contributed by atoms with van der Waals surface area (Å²) in [7, 11) is 1.93. The largest absolute Gasteiger partial charge is 0.486 e. The molecule has 0 aliphatic heterocycles. The molecule has 1 N–H and O–H groups in total. The first kappa shape index (κ1) is 16.8. The maximum atomic E-state index is 12.7. The van der Waals surface area contributed by atoms with E-state index >= 15 is 0 Å². The van der Waals surface area contributed by atoms with E-state index in [4.69, 9.17) is 4.74 Å². The van der Waals surface area contributed by atoms with Gasteiger partial charge in [-0.2, -0.15) is 13.2 Å². The normalized spacial score (nSPS) is 21.0. The van der Waals surface area contributed by atoms with Gasteiger partial charge in [0.25, 0.3) is 0 Å². The number of hydrogen-bond acceptors (Lipinski definition) is 2. The van der Waals surface area contributed by atoms with Gasteiger partial charge in [-0.1, -0.05) is 24.3 Å². The second kappa shape index (κ2) is 6.85. The van der Waals surface area contributed by atoms with E-state index in [1.807, 2.05) is 25.2 Å². The number of ether oxygens (including phenoxy) is 1. The van der Waals surface area contributed by atoms with E-state index in [2.05, 4.69) is 11.4 Å². The van der Waals surface area contributed by atoms with Crippen LogP contribution < -0.4 is 10.1 Å². The standard InChI is InChI=1S/C19H20F3NO/c1-23-15-9-6-13-4-2-3-5-17(13)18(12-15)24-16-10-7-14(8-11-16)19(20,21)22/h2-5,7-8,10-11,15,18,23H,6,9,12H2,1H3/t15-,18-/m1/s1. The molecule has 2 aromatic rings. The zero-order chi connectivity index (χ0) is 17.2. The minimum absolute atomic E-state index is 0.169. The highest BCUT2D eigenvalue weighted by Crippen LogP contribution is 2.34. The molecule has 0 unspecified atom stereocenters. The van der Waals surface area contributed by atoms with E-state index in [1.54, 1.807) is 0 Å². The van der Waals surface area contributed by atoms with Crippen LogP contribution in [0.4, 0.5) is 13.2 Å². The van der Waals surface area contributed by atoms with Gasteiger partial charge in [-0.15, -0.1) is 0 Å². The first-order valence-corrected chi connectivity index (χ1v) is 8.06. The summed E-state index contributed by atoms with van der Waals surface area (Å²) >= 11 is 0. The Balaban J connectivity index is 1.84. The second-order valence-corrected chi connectivity index (χ2v) is 6.09. The molecule has 1 aliphatic carbocycles. The van der Waals surface area contributed by atoms with Gasteiger partial charge in [-0.05, 0) is 55.3 Å². The maximum absolute atomic E-state index is 12.7. The summed E-state index contributed by atoms with van der Waals surface area (Å²) in [5, 5.41) is 3.29. The van der Waals surface area contributed by atoms with Gasteiger partial charge >= 0.3 is 6.18 Å². The van der Waals surface area contributed by atoms with Crippen LogP contribution in [0, 0.1) is 0 Å². The van der Waals surface area contributed by atoms with Crippen molar-refractivity contribution >= 4 is 0 Å². The van der Waals surface area contributed by atoms with E-state index in [1.165, 1.54) is 17.7 Å². The molecule has 2 nitrogen and oxygen atoms in total. The molecule has 0 heterocycles. The summed E-state index contributed by atoms with van der Waals surface area (Å²) in [6.45, 7) is 0. The predicted octanol–water partition coefficient (Wildman–Crippen LogP) is 4.75. The zero-order valence-electron chi connectivity index (χ0n) is 13.4. The summed E-state index contributed by atoms with van der Waals surface area (Å²) in [5.74, 6) is 0.458. The number of fused-ring (bicyclic) bond motifs is 1. The molecule has 0 amide bonds. The van der Waals surface area contributed by atoms with Gasteiger partial charge in [-0.25, -0.2) is 0 Å². The Bertz CT molecular complexity index is 682. The number of nitrogens with one attached hydrogen (secondary N) is 1. The van der Waals surface area contributed by atoms with Crippen LogP contribution in [-0.4, -0.2) is 13.1 Å². The van der Waals surface area contributed by atoms with Gasteiger partial charge in [0.05, 0.1) is 5.56 Å². The number of rotatable bonds is 3. The van der Waals surface area contributed by atoms with Crippen molar-refractivity contribution in [2.75, 3.05) is 7.05 Å². The third-order valence-electron chi connectivity index (χ3n) is 4.53. The van der Waals surface area contributed by atoms with Crippen molar-refractivity contribution in [2.45, 2.75) is 37.6 Å². The van der Waals surface area contributed by atoms with Crippen LogP contribution >= 0.6 is 0 Å². The summed E-state index contributed by atoms with van der Waals surface area (Å²) in [5.41, 5.74) is 1.70. The second-order valence-electron chi connectivity index (χ2n) is 6.09. The van der Waals surface area contributed by atoms with E-state index in [-0.39, 0.29) is 6.10 Å². The Morgan fingerprint density at radius 2 is 1.75 bits per heavy atom. The zero-order valence-corrected chi connectivity index (χ0v) is 13.4. The molecular weight excluding hydrogens is 315 g/mol. The molecule has 24 heavy (non-hydrogen) atoms. The van der Waals surface area contributed by atoms with Crippen LogP contribution in [0.1, 0.15) is 35.6 Å². The molecule has 0 radical (unpaired) electrons. The van der Waals surface area contributed by atoms with Crippen LogP contribution in [0.15, 0.2) is 48.5 Å². The van der Waals surface area contributed by atoms with Crippen LogP contribution in [0.5, 0.6) is 5.75 Å². The van der Waals surface area contributed by atoms with Crippen molar-refractivity contribution in [2.24, 2.45) is 0 Å². The number of halogens is 3. The monoisotopic (exact) mass is 335 g/mol. The lowest BCUT2D eigenvalue weighted by Gasteiger charge is -2.23. The molecule has 1 aliphatic rings. The Labute approximate surface area is 139 Å². The van der Waals surface area contributed by atoms with E-state index in [0.29, 0.717) is 11.8 Å². The van der Waals surface area contributed by atoms with Crippen molar-refractivity contribution in [3.8, 4) is 5.75 Å². The van der Waals surface area contributed by atoms with Gasteiger partial charge in [-0.3, -0.25) is 0 Å². The molecule has 2 aromatic carbocycles.